The van der Waals surface area contributed by atoms with Gasteiger partial charge in [-0.25, -0.2) is 0 Å². The number of nitro benzene ring substituents is 1. The number of hydrogen-bond acceptors (Lipinski definition) is 4. The second-order valence-corrected chi connectivity index (χ2v) is 5.51. The topological polar surface area (TPSA) is 75.5 Å². The lowest BCUT2D eigenvalue weighted by Gasteiger charge is -2.27. The Hall–Kier alpha value is -1.66. The summed E-state index contributed by atoms with van der Waals surface area (Å²) in [6, 6.07) is 4.63. The number of carbonyl (C=O) groups excluding carboxylic acids is 1. The predicted octanol–water partition coefficient (Wildman–Crippen LogP) is 2.54. The van der Waals surface area contributed by atoms with Gasteiger partial charge in [0, 0.05) is 30.8 Å². The molecule has 1 aromatic rings. The molecule has 0 bridgehead atoms. The van der Waals surface area contributed by atoms with Crippen molar-refractivity contribution in [1.82, 2.24) is 10.2 Å². The number of nitrogens with zero attached hydrogens (tertiary/aromatic N) is 2. The van der Waals surface area contributed by atoms with Gasteiger partial charge in [-0.05, 0) is 44.8 Å². The molecular formula is C15H22ClN3O3. The summed E-state index contributed by atoms with van der Waals surface area (Å²) in [5.74, 6) is -0.136. The zero-order valence-electron chi connectivity index (χ0n) is 12.9. The van der Waals surface area contributed by atoms with Gasteiger partial charge >= 0.3 is 0 Å². The number of rotatable bonds is 3. The molecule has 1 aliphatic rings. The van der Waals surface area contributed by atoms with Gasteiger partial charge in [-0.1, -0.05) is 6.07 Å². The van der Waals surface area contributed by atoms with E-state index in [4.69, 9.17) is 0 Å². The third-order valence-electron chi connectivity index (χ3n) is 4.08. The first kappa shape index (κ1) is 18.4. The Kier molecular flexibility index (Phi) is 6.77. The van der Waals surface area contributed by atoms with Gasteiger partial charge in [0.25, 0.3) is 11.6 Å². The molecule has 0 aromatic heterocycles. The molecule has 7 heteroatoms. The minimum Gasteiger partial charge on any atom is -0.339 e. The number of aryl methyl sites for hydroxylation is 1. The molecule has 1 fully saturated rings. The van der Waals surface area contributed by atoms with E-state index in [-0.39, 0.29) is 30.0 Å². The van der Waals surface area contributed by atoms with Crippen LogP contribution in [0.4, 0.5) is 5.69 Å². The van der Waals surface area contributed by atoms with E-state index in [1.54, 1.807) is 24.9 Å². The van der Waals surface area contributed by atoms with Crippen molar-refractivity contribution < 1.29 is 9.72 Å². The van der Waals surface area contributed by atoms with Crippen LogP contribution in [-0.2, 0) is 0 Å². The van der Waals surface area contributed by atoms with Gasteiger partial charge < -0.3 is 10.2 Å². The van der Waals surface area contributed by atoms with Crippen LogP contribution in [0, 0.1) is 17.0 Å². The predicted molar refractivity (Wildman–Crippen MR) is 87.7 cm³/mol. The van der Waals surface area contributed by atoms with Gasteiger partial charge in [0.05, 0.1) is 4.92 Å². The van der Waals surface area contributed by atoms with Crippen LogP contribution in [0.2, 0.25) is 0 Å². The molecule has 1 aromatic carbocycles. The fraction of sp³-hybridized carbons (Fsp3) is 0.533. The number of nitro groups is 1. The molecule has 1 N–H and O–H groups in total. The smallest absolute Gasteiger partial charge is 0.270 e. The van der Waals surface area contributed by atoms with Crippen LogP contribution in [0.5, 0.6) is 0 Å². The lowest BCUT2D eigenvalue weighted by molar-refractivity contribution is -0.384. The average Bonchev–Trinajstić information content (AvgIpc) is 2.75. The molecule has 22 heavy (non-hydrogen) atoms. The van der Waals surface area contributed by atoms with Crippen LogP contribution >= 0.6 is 12.4 Å². The monoisotopic (exact) mass is 327 g/mol. The molecule has 1 saturated heterocycles. The Labute approximate surface area is 136 Å². The van der Waals surface area contributed by atoms with Crippen LogP contribution in [0.25, 0.3) is 0 Å². The molecule has 1 aliphatic heterocycles. The van der Waals surface area contributed by atoms with E-state index in [1.165, 1.54) is 12.1 Å². The summed E-state index contributed by atoms with van der Waals surface area (Å²) in [5.41, 5.74) is 1.15. The maximum atomic E-state index is 12.6. The molecule has 1 amide bonds. The summed E-state index contributed by atoms with van der Waals surface area (Å²) in [5, 5.41) is 14.2. The fourth-order valence-electron chi connectivity index (χ4n) is 2.70. The lowest BCUT2D eigenvalue weighted by Crippen LogP contribution is -2.37. The van der Waals surface area contributed by atoms with E-state index in [1.807, 2.05) is 0 Å². The number of benzene rings is 1. The molecule has 122 valence electrons. The van der Waals surface area contributed by atoms with Crippen molar-refractivity contribution in [3.63, 3.8) is 0 Å². The summed E-state index contributed by atoms with van der Waals surface area (Å²) >= 11 is 0. The van der Waals surface area contributed by atoms with Gasteiger partial charge in [0.15, 0.2) is 0 Å². The van der Waals surface area contributed by atoms with E-state index in [0.29, 0.717) is 5.56 Å². The molecule has 0 saturated carbocycles. The first-order chi connectivity index (χ1) is 10.0. The van der Waals surface area contributed by atoms with Crippen molar-refractivity contribution in [2.75, 3.05) is 20.1 Å². The Bertz CT molecular complexity index is 543. The zero-order valence-corrected chi connectivity index (χ0v) is 13.7. The van der Waals surface area contributed by atoms with Crippen molar-refractivity contribution >= 4 is 24.0 Å². The highest BCUT2D eigenvalue weighted by Crippen LogP contribution is 2.21. The molecule has 0 aliphatic carbocycles. The Morgan fingerprint density at radius 1 is 1.36 bits per heavy atom. The van der Waals surface area contributed by atoms with Gasteiger partial charge in [-0.15, -0.1) is 12.4 Å². The third kappa shape index (κ3) is 4.18. The highest BCUT2D eigenvalue weighted by atomic mass is 35.5. The molecule has 0 spiro atoms. The van der Waals surface area contributed by atoms with Crippen LogP contribution in [0.3, 0.4) is 0 Å². The van der Waals surface area contributed by atoms with Crippen LogP contribution in [-0.4, -0.2) is 41.9 Å². The SMILES string of the molecule is Cc1ccc([N+](=O)[O-])cc1C(=O)N(C)C1CCCNCC1.Cl. The summed E-state index contributed by atoms with van der Waals surface area (Å²) < 4.78 is 0. The summed E-state index contributed by atoms with van der Waals surface area (Å²) in [6.07, 6.45) is 2.91. The molecule has 1 heterocycles. The fourth-order valence-corrected chi connectivity index (χ4v) is 2.70. The number of nitrogens with one attached hydrogen (secondary N) is 1. The van der Waals surface area contributed by atoms with E-state index in [2.05, 4.69) is 5.32 Å². The molecule has 6 nitrogen and oxygen atoms in total. The highest BCUT2D eigenvalue weighted by Gasteiger charge is 2.24. The zero-order chi connectivity index (χ0) is 15.4. The van der Waals surface area contributed by atoms with Crippen molar-refractivity contribution in [2.45, 2.75) is 32.2 Å². The molecule has 1 unspecified atom stereocenters. The van der Waals surface area contributed by atoms with Gasteiger partial charge in [-0.2, -0.15) is 0 Å². The van der Waals surface area contributed by atoms with Crippen molar-refractivity contribution in [3.05, 3.63) is 39.4 Å². The quantitative estimate of drug-likeness (QED) is 0.683. The Balaban J connectivity index is 0.00000242. The number of halogens is 1. The first-order valence-electron chi connectivity index (χ1n) is 7.23. The number of hydrogen-bond donors (Lipinski definition) is 1. The number of non-ortho nitro benzene ring substituents is 1. The Morgan fingerprint density at radius 3 is 2.77 bits per heavy atom. The van der Waals surface area contributed by atoms with Crippen LogP contribution in [0.1, 0.15) is 35.2 Å². The molecule has 0 radical (unpaired) electrons. The summed E-state index contributed by atoms with van der Waals surface area (Å²) in [6.45, 7) is 3.68. The lowest BCUT2D eigenvalue weighted by atomic mass is 10.0. The molecule has 1 atom stereocenters. The van der Waals surface area contributed by atoms with Crippen LogP contribution < -0.4 is 5.32 Å². The van der Waals surface area contributed by atoms with Gasteiger partial charge in [-0.3, -0.25) is 14.9 Å². The average molecular weight is 328 g/mol. The first-order valence-corrected chi connectivity index (χ1v) is 7.23. The summed E-state index contributed by atoms with van der Waals surface area (Å²) in [4.78, 5) is 24.8. The van der Waals surface area contributed by atoms with E-state index >= 15 is 0 Å². The van der Waals surface area contributed by atoms with E-state index in [0.717, 1.165) is 37.9 Å². The number of carbonyl (C=O) groups is 1. The highest BCUT2D eigenvalue weighted by molar-refractivity contribution is 5.96. The van der Waals surface area contributed by atoms with Gasteiger partial charge in [0.2, 0.25) is 0 Å². The molecular weight excluding hydrogens is 306 g/mol. The molecule has 2 rings (SSSR count). The van der Waals surface area contributed by atoms with Crippen molar-refractivity contribution in [1.29, 1.82) is 0 Å². The summed E-state index contributed by atoms with van der Waals surface area (Å²) in [7, 11) is 1.79. The largest absolute Gasteiger partial charge is 0.339 e. The van der Waals surface area contributed by atoms with Gasteiger partial charge in [0.1, 0.15) is 0 Å². The second kappa shape index (κ2) is 8.10. The van der Waals surface area contributed by atoms with Crippen molar-refractivity contribution in [2.24, 2.45) is 0 Å². The minimum absolute atomic E-state index is 0. The standard InChI is InChI=1S/C15H21N3O3.ClH/c1-11-5-6-13(18(20)21)10-14(11)15(19)17(2)12-4-3-8-16-9-7-12;/h5-6,10,12,16H,3-4,7-9H2,1-2H3;1H. The third-order valence-corrected chi connectivity index (χ3v) is 4.08. The maximum Gasteiger partial charge on any atom is 0.270 e. The van der Waals surface area contributed by atoms with Crippen molar-refractivity contribution in [3.8, 4) is 0 Å². The van der Waals surface area contributed by atoms with Crippen LogP contribution in [0.15, 0.2) is 18.2 Å². The van der Waals surface area contributed by atoms with E-state index in [9.17, 15) is 14.9 Å². The van der Waals surface area contributed by atoms with E-state index < -0.39 is 4.92 Å². The second-order valence-electron chi connectivity index (χ2n) is 5.51. The maximum absolute atomic E-state index is 12.6. The minimum atomic E-state index is -0.466. The normalized spacial score (nSPS) is 18.0. The number of amides is 1. The Morgan fingerprint density at radius 2 is 2.09 bits per heavy atom.